The van der Waals surface area contributed by atoms with E-state index in [2.05, 4.69) is 43.5 Å². The third-order valence-electron chi connectivity index (χ3n) is 3.31. The molecule has 104 valence electrons. The number of nitrogens with one attached hydrogen (secondary N) is 1. The number of hydrogen-bond acceptors (Lipinski definition) is 5. The summed E-state index contributed by atoms with van der Waals surface area (Å²) in [6, 6.07) is 8.16. The SMILES string of the molecule is CSCCCNc1nnc2c3ccccc3n(C)c2n1. The van der Waals surface area contributed by atoms with E-state index in [0.29, 0.717) is 5.95 Å². The van der Waals surface area contributed by atoms with Gasteiger partial charge in [-0.25, -0.2) is 0 Å². The minimum absolute atomic E-state index is 0.601. The lowest BCUT2D eigenvalue weighted by Crippen LogP contribution is -2.07. The van der Waals surface area contributed by atoms with Crippen LogP contribution in [-0.4, -0.2) is 38.3 Å². The molecule has 3 rings (SSSR count). The Hall–Kier alpha value is -1.82. The Kier molecular flexibility index (Phi) is 3.73. The third kappa shape index (κ3) is 2.31. The van der Waals surface area contributed by atoms with Crippen LogP contribution in [0.15, 0.2) is 24.3 Å². The molecule has 2 heterocycles. The van der Waals surface area contributed by atoms with E-state index in [0.717, 1.165) is 40.8 Å². The lowest BCUT2D eigenvalue weighted by Gasteiger charge is -2.03. The number of benzene rings is 1. The van der Waals surface area contributed by atoms with Gasteiger partial charge in [-0.2, -0.15) is 16.7 Å². The Balaban J connectivity index is 1.95. The monoisotopic (exact) mass is 287 g/mol. The lowest BCUT2D eigenvalue weighted by atomic mass is 10.2. The van der Waals surface area contributed by atoms with E-state index < -0.39 is 0 Å². The summed E-state index contributed by atoms with van der Waals surface area (Å²) in [5.41, 5.74) is 2.86. The summed E-state index contributed by atoms with van der Waals surface area (Å²) in [4.78, 5) is 4.58. The second kappa shape index (κ2) is 5.66. The maximum absolute atomic E-state index is 4.58. The molecule has 3 aromatic rings. The number of thioether (sulfide) groups is 1. The van der Waals surface area contributed by atoms with Gasteiger partial charge in [-0.05, 0) is 24.5 Å². The van der Waals surface area contributed by atoms with E-state index in [4.69, 9.17) is 0 Å². The van der Waals surface area contributed by atoms with Gasteiger partial charge in [0.2, 0.25) is 5.95 Å². The predicted molar refractivity (Wildman–Crippen MR) is 85.3 cm³/mol. The van der Waals surface area contributed by atoms with Crippen molar-refractivity contribution in [3.8, 4) is 0 Å². The van der Waals surface area contributed by atoms with Crippen LogP contribution in [0.1, 0.15) is 6.42 Å². The summed E-state index contributed by atoms with van der Waals surface area (Å²) in [6.45, 7) is 0.873. The van der Waals surface area contributed by atoms with E-state index in [9.17, 15) is 0 Å². The summed E-state index contributed by atoms with van der Waals surface area (Å²) in [7, 11) is 2.01. The number of hydrogen-bond donors (Lipinski definition) is 1. The van der Waals surface area contributed by atoms with Crippen LogP contribution < -0.4 is 5.32 Å². The normalized spacial score (nSPS) is 11.3. The number of fused-ring (bicyclic) bond motifs is 3. The predicted octanol–water partition coefficient (Wildman–Crippen LogP) is 2.68. The van der Waals surface area contributed by atoms with Crippen molar-refractivity contribution < 1.29 is 0 Å². The van der Waals surface area contributed by atoms with Gasteiger partial charge in [-0.15, -0.1) is 10.2 Å². The van der Waals surface area contributed by atoms with Crippen LogP contribution in [0.3, 0.4) is 0 Å². The fourth-order valence-corrected chi connectivity index (χ4v) is 2.73. The van der Waals surface area contributed by atoms with Crippen LogP contribution in [0.4, 0.5) is 5.95 Å². The summed E-state index contributed by atoms with van der Waals surface area (Å²) in [6.07, 6.45) is 3.21. The van der Waals surface area contributed by atoms with Crippen LogP contribution >= 0.6 is 11.8 Å². The molecule has 0 aliphatic heterocycles. The largest absolute Gasteiger partial charge is 0.353 e. The van der Waals surface area contributed by atoms with Crippen molar-refractivity contribution in [2.45, 2.75) is 6.42 Å². The molecule has 0 saturated carbocycles. The summed E-state index contributed by atoms with van der Waals surface area (Å²) >= 11 is 1.84. The van der Waals surface area contributed by atoms with Crippen LogP contribution in [0, 0.1) is 0 Å². The van der Waals surface area contributed by atoms with Gasteiger partial charge < -0.3 is 9.88 Å². The average molecular weight is 287 g/mol. The molecule has 2 aromatic heterocycles. The smallest absolute Gasteiger partial charge is 0.244 e. The van der Waals surface area contributed by atoms with E-state index in [-0.39, 0.29) is 0 Å². The molecule has 0 radical (unpaired) electrons. The lowest BCUT2D eigenvalue weighted by molar-refractivity contribution is 0.918. The van der Waals surface area contributed by atoms with Gasteiger partial charge in [-0.3, -0.25) is 0 Å². The maximum Gasteiger partial charge on any atom is 0.244 e. The molecule has 0 atom stereocenters. The quantitative estimate of drug-likeness (QED) is 0.731. The molecule has 0 amide bonds. The van der Waals surface area contributed by atoms with Crippen molar-refractivity contribution >= 4 is 39.8 Å². The molecule has 0 unspecified atom stereocenters. The van der Waals surface area contributed by atoms with Crippen LogP contribution in [0.25, 0.3) is 22.1 Å². The van der Waals surface area contributed by atoms with E-state index >= 15 is 0 Å². The molecule has 0 aliphatic rings. The van der Waals surface area contributed by atoms with E-state index in [1.165, 1.54) is 0 Å². The molecule has 5 nitrogen and oxygen atoms in total. The number of nitrogens with zero attached hydrogens (tertiary/aromatic N) is 4. The van der Waals surface area contributed by atoms with E-state index in [1.807, 2.05) is 30.9 Å². The molecule has 0 saturated heterocycles. The number of para-hydroxylation sites is 1. The first-order valence-corrected chi connectivity index (χ1v) is 8.01. The fraction of sp³-hybridized carbons (Fsp3) is 0.357. The molecule has 1 aromatic carbocycles. The Morgan fingerprint density at radius 3 is 2.95 bits per heavy atom. The first kappa shape index (κ1) is 13.2. The van der Waals surface area contributed by atoms with Crippen molar-refractivity contribution in [3.05, 3.63) is 24.3 Å². The van der Waals surface area contributed by atoms with E-state index in [1.54, 1.807) is 0 Å². The van der Waals surface area contributed by atoms with Crippen LogP contribution in [-0.2, 0) is 7.05 Å². The number of anilines is 1. The minimum Gasteiger partial charge on any atom is -0.353 e. The Morgan fingerprint density at radius 1 is 1.25 bits per heavy atom. The first-order chi connectivity index (χ1) is 9.81. The summed E-state index contributed by atoms with van der Waals surface area (Å²) in [5.74, 6) is 1.74. The Morgan fingerprint density at radius 2 is 2.10 bits per heavy atom. The third-order valence-corrected chi connectivity index (χ3v) is 4.01. The van der Waals surface area contributed by atoms with Crippen LogP contribution in [0.5, 0.6) is 0 Å². The zero-order valence-electron chi connectivity index (χ0n) is 11.6. The van der Waals surface area contributed by atoms with Crippen molar-refractivity contribution in [1.82, 2.24) is 19.7 Å². The van der Waals surface area contributed by atoms with Gasteiger partial charge >= 0.3 is 0 Å². The van der Waals surface area contributed by atoms with Gasteiger partial charge in [0.15, 0.2) is 5.65 Å². The molecular formula is C14H17N5S. The Bertz CT molecular complexity index is 737. The summed E-state index contributed by atoms with van der Waals surface area (Å²) in [5, 5.41) is 12.8. The Labute approximate surface area is 121 Å². The van der Waals surface area contributed by atoms with Crippen molar-refractivity contribution in [2.75, 3.05) is 23.9 Å². The highest BCUT2D eigenvalue weighted by molar-refractivity contribution is 7.98. The number of aryl methyl sites for hydroxylation is 1. The number of rotatable bonds is 5. The highest BCUT2D eigenvalue weighted by Crippen LogP contribution is 2.24. The first-order valence-electron chi connectivity index (χ1n) is 6.62. The van der Waals surface area contributed by atoms with Crippen LogP contribution in [0.2, 0.25) is 0 Å². The van der Waals surface area contributed by atoms with Gasteiger partial charge in [0, 0.05) is 19.0 Å². The molecule has 0 bridgehead atoms. The zero-order chi connectivity index (χ0) is 13.9. The summed E-state index contributed by atoms with van der Waals surface area (Å²) < 4.78 is 2.06. The molecular weight excluding hydrogens is 270 g/mol. The van der Waals surface area contributed by atoms with Gasteiger partial charge in [-0.1, -0.05) is 18.2 Å². The molecule has 20 heavy (non-hydrogen) atoms. The molecule has 6 heteroatoms. The highest BCUT2D eigenvalue weighted by atomic mass is 32.2. The standard InChI is InChI=1S/C14H17N5S/c1-19-11-7-4-3-6-10(11)12-13(19)16-14(18-17-12)15-8-5-9-20-2/h3-4,6-7H,5,8-9H2,1-2H3,(H,15,16,18). The second-order valence-electron chi connectivity index (χ2n) is 4.66. The van der Waals surface area contributed by atoms with Gasteiger partial charge in [0.05, 0.1) is 5.52 Å². The average Bonchev–Trinajstić information content (AvgIpc) is 2.77. The highest BCUT2D eigenvalue weighted by Gasteiger charge is 2.11. The zero-order valence-corrected chi connectivity index (χ0v) is 12.4. The molecule has 0 fully saturated rings. The molecule has 1 N–H and O–H groups in total. The fourth-order valence-electron chi connectivity index (χ4n) is 2.30. The number of aromatic nitrogens is 4. The maximum atomic E-state index is 4.58. The van der Waals surface area contributed by atoms with Gasteiger partial charge in [0.25, 0.3) is 0 Å². The minimum atomic E-state index is 0.601. The molecule has 0 spiro atoms. The second-order valence-corrected chi connectivity index (χ2v) is 5.64. The van der Waals surface area contributed by atoms with Crippen molar-refractivity contribution in [1.29, 1.82) is 0 Å². The van der Waals surface area contributed by atoms with Crippen molar-refractivity contribution in [2.24, 2.45) is 7.05 Å². The topological polar surface area (TPSA) is 55.6 Å². The van der Waals surface area contributed by atoms with Crippen molar-refractivity contribution in [3.63, 3.8) is 0 Å². The molecule has 0 aliphatic carbocycles. The van der Waals surface area contributed by atoms with Gasteiger partial charge in [0.1, 0.15) is 5.52 Å².